The second-order valence-corrected chi connectivity index (χ2v) is 4.76. The smallest absolute Gasteiger partial charge is 0.336 e. The Labute approximate surface area is 117 Å². The van der Waals surface area contributed by atoms with Crippen molar-refractivity contribution in [1.29, 1.82) is 0 Å². The van der Waals surface area contributed by atoms with Gasteiger partial charge in [0.05, 0.1) is 14.2 Å². The van der Waals surface area contributed by atoms with Crippen LogP contribution in [0.15, 0.2) is 39.1 Å². The van der Waals surface area contributed by atoms with Crippen LogP contribution in [-0.2, 0) is 6.42 Å². The summed E-state index contributed by atoms with van der Waals surface area (Å²) in [6, 6.07) is 5.09. The van der Waals surface area contributed by atoms with Crippen molar-refractivity contribution in [1.82, 2.24) is 0 Å². The number of methoxy groups -OCH3 is 2. The lowest BCUT2D eigenvalue weighted by Gasteiger charge is -2.13. The van der Waals surface area contributed by atoms with E-state index in [0.29, 0.717) is 17.1 Å². The minimum atomic E-state index is -0.407. The molecule has 0 radical (unpaired) electrons. The van der Waals surface area contributed by atoms with Crippen LogP contribution in [0.1, 0.15) is 19.4 Å². The van der Waals surface area contributed by atoms with Gasteiger partial charge in [0.1, 0.15) is 0 Å². The summed E-state index contributed by atoms with van der Waals surface area (Å²) in [6.45, 7) is 4.09. The summed E-state index contributed by atoms with van der Waals surface area (Å²) in [4.78, 5) is 11.4. The van der Waals surface area contributed by atoms with Gasteiger partial charge in [-0.05, 0) is 32.4 Å². The molecule has 0 spiro atoms. The van der Waals surface area contributed by atoms with Gasteiger partial charge in [0.15, 0.2) is 11.3 Å². The first-order chi connectivity index (χ1) is 9.56. The molecule has 0 aliphatic carbocycles. The van der Waals surface area contributed by atoms with E-state index in [1.54, 1.807) is 13.2 Å². The van der Waals surface area contributed by atoms with Crippen LogP contribution in [0, 0.1) is 0 Å². The maximum absolute atomic E-state index is 11.4. The van der Waals surface area contributed by atoms with Crippen LogP contribution in [0.3, 0.4) is 0 Å². The minimum absolute atomic E-state index is 0.407. The van der Waals surface area contributed by atoms with E-state index in [0.717, 1.165) is 17.4 Å². The zero-order chi connectivity index (χ0) is 14.7. The van der Waals surface area contributed by atoms with E-state index in [4.69, 9.17) is 13.9 Å². The van der Waals surface area contributed by atoms with E-state index < -0.39 is 5.63 Å². The van der Waals surface area contributed by atoms with Gasteiger partial charge in [-0.1, -0.05) is 11.6 Å². The molecule has 0 unspecified atom stereocenters. The first-order valence-electron chi connectivity index (χ1n) is 6.38. The molecule has 1 aromatic carbocycles. The van der Waals surface area contributed by atoms with Gasteiger partial charge in [0.2, 0.25) is 5.75 Å². The predicted octanol–water partition coefficient (Wildman–Crippen LogP) is 3.32. The average molecular weight is 274 g/mol. The SMILES string of the molecule is COc1c(CC=C(C)C)cc2ccc(=O)oc2c1OC. The van der Waals surface area contributed by atoms with Crippen molar-refractivity contribution in [2.24, 2.45) is 0 Å². The maximum atomic E-state index is 11.4. The fourth-order valence-electron chi connectivity index (χ4n) is 2.10. The monoisotopic (exact) mass is 274 g/mol. The molecule has 0 fully saturated rings. The number of benzene rings is 1. The summed E-state index contributed by atoms with van der Waals surface area (Å²) in [5, 5.41) is 0.819. The van der Waals surface area contributed by atoms with E-state index in [-0.39, 0.29) is 0 Å². The molecule has 0 atom stereocenters. The van der Waals surface area contributed by atoms with Crippen LogP contribution in [0.4, 0.5) is 0 Å². The largest absolute Gasteiger partial charge is 0.492 e. The van der Waals surface area contributed by atoms with E-state index in [1.165, 1.54) is 18.7 Å². The quantitative estimate of drug-likeness (QED) is 0.634. The van der Waals surface area contributed by atoms with Crippen molar-refractivity contribution < 1.29 is 13.9 Å². The van der Waals surface area contributed by atoms with Crippen molar-refractivity contribution in [3.8, 4) is 11.5 Å². The molecule has 106 valence electrons. The summed E-state index contributed by atoms with van der Waals surface area (Å²) < 4.78 is 16.0. The van der Waals surface area contributed by atoms with Gasteiger partial charge < -0.3 is 13.9 Å². The fraction of sp³-hybridized carbons (Fsp3) is 0.312. The van der Waals surface area contributed by atoms with E-state index in [9.17, 15) is 4.79 Å². The zero-order valence-electron chi connectivity index (χ0n) is 12.1. The van der Waals surface area contributed by atoms with Gasteiger partial charge >= 0.3 is 5.63 Å². The summed E-state index contributed by atoms with van der Waals surface area (Å²) in [5.74, 6) is 1.06. The van der Waals surface area contributed by atoms with Crippen LogP contribution in [0.5, 0.6) is 11.5 Å². The Kier molecular flexibility index (Phi) is 4.13. The number of hydrogen-bond acceptors (Lipinski definition) is 4. The Morgan fingerprint density at radius 3 is 2.50 bits per heavy atom. The lowest BCUT2D eigenvalue weighted by atomic mass is 10.0. The maximum Gasteiger partial charge on any atom is 0.336 e. The van der Waals surface area contributed by atoms with Crippen LogP contribution in [0.2, 0.25) is 0 Å². The molecule has 0 saturated heterocycles. The molecule has 0 aliphatic heterocycles. The van der Waals surface area contributed by atoms with Crippen molar-refractivity contribution >= 4 is 11.0 Å². The molecule has 2 rings (SSSR count). The third-order valence-corrected chi connectivity index (χ3v) is 3.04. The number of allylic oxidation sites excluding steroid dienone is 2. The number of ether oxygens (including phenoxy) is 2. The molecule has 4 heteroatoms. The molecule has 0 saturated carbocycles. The molecular weight excluding hydrogens is 256 g/mol. The lowest BCUT2D eigenvalue weighted by molar-refractivity contribution is 0.349. The molecule has 4 nitrogen and oxygen atoms in total. The molecule has 2 aromatic rings. The van der Waals surface area contributed by atoms with Gasteiger partial charge in [0.25, 0.3) is 0 Å². The minimum Gasteiger partial charge on any atom is -0.492 e. The first kappa shape index (κ1) is 14.2. The van der Waals surface area contributed by atoms with Gasteiger partial charge in [-0.3, -0.25) is 0 Å². The van der Waals surface area contributed by atoms with Crippen molar-refractivity contribution in [3.63, 3.8) is 0 Å². The van der Waals surface area contributed by atoms with Crippen LogP contribution in [-0.4, -0.2) is 14.2 Å². The Balaban J connectivity index is 2.72. The Hall–Kier alpha value is -2.23. The molecule has 1 aromatic heterocycles. The molecule has 0 aliphatic rings. The Bertz CT molecular complexity index is 706. The first-order valence-corrected chi connectivity index (χ1v) is 6.38. The van der Waals surface area contributed by atoms with Crippen LogP contribution < -0.4 is 15.1 Å². The molecule has 0 N–H and O–H groups in total. The van der Waals surface area contributed by atoms with Crippen molar-refractivity contribution in [2.75, 3.05) is 14.2 Å². The van der Waals surface area contributed by atoms with Crippen molar-refractivity contribution in [2.45, 2.75) is 20.3 Å². The molecule has 0 amide bonds. The molecule has 20 heavy (non-hydrogen) atoms. The summed E-state index contributed by atoms with van der Waals surface area (Å²) in [5.41, 5.74) is 2.23. The van der Waals surface area contributed by atoms with Gasteiger partial charge in [-0.15, -0.1) is 0 Å². The topological polar surface area (TPSA) is 48.7 Å². The normalized spacial score (nSPS) is 10.4. The molecule has 1 heterocycles. The Morgan fingerprint density at radius 1 is 1.20 bits per heavy atom. The summed E-state index contributed by atoms with van der Waals surface area (Å²) in [7, 11) is 3.12. The van der Waals surface area contributed by atoms with E-state index in [2.05, 4.69) is 6.08 Å². The molecule has 0 bridgehead atoms. The van der Waals surface area contributed by atoms with E-state index >= 15 is 0 Å². The average Bonchev–Trinajstić information content (AvgIpc) is 2.43. The predicted molar refractivity (Wildman–Crippen MR) is 78.7 cm³/mol. The second kappa shape index (κ2) is 5.82. The third kappa shape index (κ3) is 2.69. The summed E-state index contributed by atoms with van der Waals surface area (Å²) >= 11 is 0. The number of rotatable bonds is 4. The summed E-state index contributed by atoms with van der Waals surface area (Å²) in [6.07, 6.45) is 2.85. The number of fused-ring (bicyclic) bond motifs is 1. The second-order valence-electron chi connectivity index (χ2n) is 4.76. The van der Waals surface area contributed by atoms with Gasteiger partial charge in [-0.25, -0.2) is 4.79 Å². The highest BCUT2D eigenvalue weighted by atomic mass is 16.5. The molecular formula is C16H18O4. The van der Waals surface area contributed by atoms with Gasteiger partial charge in [-0.2, -0.15) is 0 Å². The standard InChI is InChI=1S/C16H18O4/c1-10(2)5-6-11-9-12-7-8-13(17)20-15(12)16(19-4)14(11)18-3/h5,7-9H,6H2,1-4H3. The van der Waals surface area contributed by atoms with Crippen LogP contribution in [0.25, 0.3) is 11.0 Å². The highest BCUT2D eigenvalue weighted by molar-refractivity contribution is 5.86. The van der Waals surface area contributed by atoms with Crippen molar-refractivity contribution in [3.05, 3.63) is 45.8 Å². The number of hydrogen-bond donors (Lipinski definition) is 0. The lowest BCUT2D eigenvalue weighted by Crippen LogP contribution is -2.00. The van der Waals surface area contributed by atoms with Crippen LogP contribution >= 0.6 is 0 Å². The highest BCUT2D eigenvalue weighted by Gasteiger charge is 2.16. The van der Waals surface area contributed by atoms with E-state index in [1.807, 2.05) is 19.9 Å². The zero-order valence-corrected chi connectivity index (χ0v) is 12.1. The van der Waals surface area contributed by atoms with Gasteiger partial charge in [0, 0.05) is 17.0 Å². The highest BCUT2D eigenvalue weighted by Crippen LogP contribution is 2.38. The third-order valence-electron chi connectivity index (χ3n) is 3.04. The fourth-order valence-corrected chi connectivity index (χ4v) is 2.10. The Morgan fingerprint density at radius 2 is 1.90 bits per heavy atom.